The monoisotopic (exact) mass is 600 g/mol. The highest BCUT2D eigenvalue weighted by atomic mass is 32.2. The lowest BCUT2D eigenvalue weighted by Crippen LogP contribution is -2.40. The molecule has 4 rings (SSSR count). The minimum atomic E-state index is -4.02. The van der Waals surface area contributed by atoms with E-state index in [9.17, 15) is 18.0 Å². The number of carbonyl (C=O) groups excluding carboxylic acids is 2. The van der Waals surface area contributed by atoms with Crippen LogP contribution < -0.4 is 24.5 Å². The van der Waals surface area contributed by atoms with E-state index in [1.807, 2.05) is 19.1 Å². The fourth-order valence-electron chi connectivity index (χ4n) is 4.15. The van der Waals surface area contributed by atoms with Crippen molar-refractivity contribution >= 4 is 39.4 Å². The number of nitrogens with one attached hydrogen (secondary N) is 2. The lowest BCUT2D eigenvalue weighted by Gasteiger charge is -2.25. The number of amides is 2. The maximum atomic E-state index is 13.5. The molecule has 11 heteroatoms. The van der Waals surface area contributed by atoms with Crippen molar-refractivity contribution < 1.29 is 27.5 Å². The molecule has 0 fully saturated rings. The molecular weight excluding hydrogens is 568 g/mol. The van der Waals surface area contributed by atoms with Gasteiger partial charge < -0.3 is 14.8 Å². The van der Waals surface area contributed by atoms with Gasteiger partial charge in [-0.15, -0.1) is 0 Å². The van der Waals surface area contributed by atoms with Gasteiger partial charge in [-0.1, -0.05) is 55.5 Å². The third-order valence-corrected chi connectivity index (χ3v) is 8.07. The minimum absolute atomic E-state index is 0.0804. The van der Waals surface area contributed by atoms with Gasteiger partial charge >= 0.3 is 0 Å². The summed E-state index contributed by atoms with van der Waals surface area (Å²) in [6, 6.07) is 28.8. The Kier molecular flexibility index (Phi) is 10.5. The van der Waals surface area contributed by atoms with Crippen molar-refractivity contribution in [3.8, 4) is 11.5 Å². The fourth-order valence-corrected chi connectivity index (χ4v) is 5.63. The number of carbonyl (C=O) groups is 2. The predicted octanol–water partition coefficient (Wildman–Crippen LogP) is 4.62. The number of hydrogen-bond acceptors (Lipinski definition) is 7. The number of aryl methyl sites for hydroxylation is 1. The SMILES string of the molecule is CCc1ccccc1N(CC(=O)N/N=C\c1ccc(OCC(=O)Nc2ccccc2OC)cc1)S(=O)(=O)c1ccccc1. The van der Waals surface area contributed by atoms with Gasteiger partial charge in [0.1, 0.15) is 18.0 Å². The Balaban J connectivity index is 1.36. The number of sulfonamides is 1. The van der Waals surface area contributed by atoms with Crippen LogP contribution in [0.25, 0.3) is 0 Å². The molecular formula is C32H32N4O6S. The largest absolute Gasteiger partial charge is 0.495 e. The summed E-state index contributed by atoms with van der Waals surface area (Å²) in [7, 11) is -2.50. The van der Waals surface area contributed by atoms with E-state index in [0.29, 0.717) is 34.9 Å². The first-order chi connectivity index (χ1) is 20.8. The molecule has 4 aromatic carbocycles. The van der Waals surface area contributed by atoms with Gasteiger partial charge in [0.25, 0.3) is 21.8 Å². The zero-order valence-electron chi connectivity index (χ0n) is 23.8. The third kappa shape index (κ3) is 8.20. The van der Waals surface area contributed by atoms with Crippen molar-refractivity contribution in [1.82, 2.24) is 5.43 Å². The van der Waals surface area contributed by atoms with Gasteiger partial charge in [-0.3, -0.25) is 13.9 Å². The van der Waals surface area contributed by atoms with Gasteiger partial charge in [-0.05, 0) is 72.1 Å². The summed E-state index contributed by atoms with van der Waals surface area (Å²) in [6.45, 7) is 1.25. The second-order valence-electron chi connectivity index (χ2n) is 9.21. The Bertz CT molecular complexity index is 1680. The molecule has 10 nitrogen and oxygen atoms in total. The normalized spacial score (nSPS) is 11.1. The molecule has 43 heavy (non-hydrogen) atoms. The zero-order chi connectivity index (χ0) is 30.7. The number of ether oxygens (including phenoxy) is 2. The molecule has 0 radical (unpaired) electrons. The number of hydrogen-bond donors (Lipinski definition) is 2. The molecule has 2 amide bonds. The van der Waals surface area contributed by atoms with Crippen molar-refractivity contribution in [2.24, 2.45) is 5.10 Å². The Labute approximate surface area is 251 Å². The molecule has 0 aliphatic heterocycles. The van der Waals surface area contributed by atoms with Gasteiger partial charge in [-0.2, -0.15) is 5.10 Å². The summed E-state index contributed by atoms with van der Waals surface area (Å²) in [4.78, 5) is 25.2. The first kappa shape index (κ1) is 30.8. The molecule has 4 aromatic rings. The molecule has 222 valence electrons. The van der Waals surface area contributed by atoms with Crippen molar-refractivity contribution in [3.63, 3.8) is 0 Å². The standard InChI is InChI=1S/C32H32N4O6S/c1-3-25-11-7-9-15-29(25)36(43(39,40)27-12-5-4-6-13-27)22-31(37)35-33-21-24-17-19-26(20-18-24)42-23-32(38)34-28-14-8-10-16-30(28)41-2/h4-21H,3,22-23H2,1-2H3,(H,34,38)(H,35,37)/b33-21-. The van der Waals surface area contributed by atoms with Crippen LogP contribution in [0.4, 0.5) is 11.4 Å². The van der Waals surface area contributed by atoms with Crippen molar-refractivity contribution in [3.05, 3.63) is 114 Å². The van der Waals surface area contributed by atoms with Gasteiger partial charge in [0, 0.05) is 0 Å². The smallest absolute Gasteiger partial charge is 0.264 e. The Hall–Kier alpha value is -5.16. The molecule has 0 heterocycles. The predicted molar refractivity (Wildman–Crippen MR) is 166 cm³/mol. The molecule has 0 saturated heterocycles. The van der Waals surface area contributed by atoms with E-state index in [-0.39, 0.29) is 17.4 Å². The Morgan fingerprint density at radius 3 is 2.26 bits per heavy atom. The van der Waals surface area contributed by atoms with E-state index in [2.05, 4.69) is 15.8 Å². The summed E-state index contributed by atoms with van der Waals surface area (Å²) in [5.74, 6) is 0.0565. The Morgan fingerprint density at radius 2 is 1.53 bits per heavy atom. The first-order valence-electron chi connectivity index (χ1n) is 13.4. The highest BCUT2D eigenvalue weighted by Crippen LogP contribution is 2.27. The van der Waals surface area contributed by atoms with Crippen LogP contribution in [-0.4, -0.2) is 46.7 Å². The number of nitrogens with zero attached hydrogens (tertiary/aromatic N) is 2. The van der Waals surface area contributed by atoms with Crippen molar-refractivity contribution in [1.29, 1.82) is 0 Å². The average Bonchev–Trinajstić information content (AvgIpc) is 3.04. The maximum absolute atomic E-state index is 13.5. The lowest BCUT2D eigenvalue weighted by atomic mass is 10.1. The lowest BCUT2D eigenvalue weighted by molar-refractivity contribution is -0.119. The molecule has 0 aliphatic rings. The molecule has 2 N–H and O–H groups in total. The summed E-state index contributed by atoms with van der Waals surface area (Å²) in [5, 5.41) is 6.73. The molecule has 0 atom stereocenters. The number of methoxy groups -OCH3 is 1. The van der Waals surface area contributed by atoms with E-state index in [1.54, 1.807) is 78.9 Å². The van der Waals surface area contributed by atoms with Gasteiger partial charge in [0.05, 0.1) is 29.6 Å². The molecule has 0 aliphatic carbocycles. The fraction of sp³-hybridized carbons (Fsp3) is 0.156. The molecule has 0 aromatic heterocycles. The first-order valence-corrected chi connectivity index (χ1v) is 14.9. The zero-order valence-corrected chi connectivity index (χ0v) is 24.6. The topological polar surface area (TPSA) is 126 Å². The van der Waals surface area contributed by atoms with E-state index < -0.39 is 22.5 Å². The van der Waals surface area contributed by atoms with Crippen LogP contribution in [0.15, 0.2) is 113 Å². The van der Waals surface area contributed by atoms with E-state index >= 15 is 0 Å². The van der Waals surface area contributed by atoms with Crippen LogP contribution >= 0.6 is 0 Å². The van der Waals surface area contributed by atoms with E-state index in [4.69, 9.17) is 9.47 Å². The summed E-state index contributed by atoms with van der Waals surface area (Å²) in [6.07, 6.45) is 2.01. The highest BCUT2D eigenvalue weighted by molar-refractivity contribution is 7.92. The molecule has 0 saturated carbocycles. The van der Waals surface area contributed by atoms with Crippen molar-refractivity contribution in [2.75, 3.05) is 29.9 Å². The van der Waals surface area contributed by atoms with Crippen molar-refractivity contribution in [2.45, 2.75) is 18.2 Å². The summed E-state index contributed by atoms with van der Waals surface area (Å²) < 4.78 is 39.0. The molecule has 0 spiro atoms. The quantitative estimate of drug-likeness (QED) is 0.170. The number of rotatable bonds is 13. The number of para-hydroxylation sites is 3. The number of benzene rings is 4. The number of anilines is 2. The van der Waals surface area contributed by atoms with Gasteiger partial charge in [0.2, 0.25) is 0 Å². The van der Waals surface area contributed by atoms with Crippen LogP contribution in [0, 0.1) is 0 Å². The van der Waals surface area contributed by atoms with E-state index in [1.165, 1.54) is 25.5 Å². The average molecular weight is 601 g/mol. The summed E-state index contributed by atoms with van der Waals surface area (Å²) in [5.41, 5.74) is 4.82. The third-order valence-electron chi connectivity index (χ3n) is 6.29. The van der Waals surface area contributed by atoms with Crippen LogP contribution in [0.2, 0.25) is 0 Å². The van der Waals surface area contributed by atoms with Gasteiger partial charge in [-0.25, -0.2) is 13.8 Å². The second kappa shape index (κ2) is 14.6. The second-order valence-corrected chi connectivity index (χ2v) is 11.1. The van der Waals surface area contributed by atoms with Crippen LogP contribution in [-0.2, 0) is 26.0 Å². The highest BCUT2D eigenvalue weighted by Gasteiger charge is 2.28. The van der Waals surface area contributed by atoms with Crippen LogP contribution in [0.3, 0.4) is 0 Å². The summed E-state index contributed by atoms with van der Waals surface area (Å²) >= 11 is 0. The van der Waals surface area contributed by atoms with Crippen LogP contribution in [0.1, 0.15) is 18.1 Å². The maximum Gasteiger partial charge on any atom is 0.264 e. The van der Waals surface area contributed by atoms with Gasteiger partial charge in [0.15, 0.2) is 6.61 Å². The molecule has 0 unspecified atom stereocenters. The minimum Gasteiger partial charge on any atom is -0.495 e. The molecule has 0 bridgehead atoms. The van der Waals surface area contributed by atoms with Crippen LogP contribution in [0.5, 0.6) is 11.5 Å². The Morgan fingerprint density at radius 1 is 0.860 bits per heavy atom. The van der Waals surface area contributed by atoms with E-state index in [0.717, 1.165) is 9.87 Å². The number of hydrazone groups is 1.